The fourth-order valence-corrected chi connectivity index (χ4v) is 10.9. The molecule has 6 heterocycles. The third-order valence-corrected chi connectivity index (χ3v) is 14.7. The molecule has 1 aliphatic carbocycles. The molecule has 0 spiro atoms. The number of carbonyl (C=O) groups is 1. The Morgan fingerprint density at radius 3 is 2.41 bits per heavy atom. The highest BCUT2D eigenvalue weighted by atomic mass is 35.5. The Morgan fingerprint density at radius 2 is 1.69 bits per heavy atom. The van der Waals surface area contributed by atoms with Gasteiger partial charge < -0.3 is 44.5 Å². The quantitative estimate of drug-likeness (QED) is 0.0529. The number of piperidine rings is 2. The minimum atomic E-state index is -0.380. The van der Waals surface area contributed by atoms with E-state index in [0.29, 0.717) is 66.7 Å². The van der Waals surface area contributed by atoms with Crippen molar-refractivity contribution in [3.05, 3.63) is 88.5 Å². The first-order chi connectivity index (χ1) is 34.4. The lowest BCUT2D eigenvalue weighted by molar-refractivity contribution is -0.164. The van der Waals surface area contributed by atoms with Crippen LogP contribution in [0.15, 0.2) is 61.2 Å². The number of amides is 1. The van der Waals surface area contributed by atoms with Crippen molar-refractivity contribution in [3.8, 4) is 17.7 Å². The van der Waals surface area contributed by atoms with Crippen molar-refractivity contribution in [2.24, 2.45) is 10.8 Å². The van der Waals surface area contributed by atoms with Crippen molar-refractivity contribution >= 4 is 40.7 Å². The Hall–Kier alpha value is -5.80. The van der Waals surface area contributed by atoms with Gasteiger partial charge in [0.15, 0.2) is 5.65 Å². The van der Waals surface area contributed by atoms with E-state index in [0.717, 1.165) is 106 Å². The number of anilines is 3. The van der Waals surface area contributed by atoms with Gasteiger partial charge in [-0.15, -0.1) is 0 Å². The summed E-state index contributed by atoms with van der Waals surface area (Å²) in [5, 5.41) is 30.7. The number of aliphatic hydroxyl groups is 1. The molecule has 3 aliphatic rings. The van der Waals surface area contributed by atoms with Gasteiger partial charge in [-0.05, 0) is 75.5 Å². The average Bonchev–Trinajstić information content (AvgIpc) is 3.81. The summed E-state index contributed by atoms with van der Waals surface area (Å²) in [6.07, 6.45) is 16.3. The van der Waals surface area contributed by atoms with E-state index in [1.807, 2.05) is 29.0 Å². The third kappa shape index (κ3) is 12.3. The van der Waals surface area contributed by atoms with Crippen LogP contribution in [0.1, 0.15) is 119 Å². The second-order valence-electron chi connectivity index (χ2n) is 20.1. The lowest BCUT2D eigenvalue weighted by Gasteiger charge is -2.63. The van der Waals surface area contributed by atoms with E-state index in [1.54, 1.807) is 30.6 Å². The van der Waals surface area contributed by atoms with Crippen LogP contribution in [0.2, 0.25) is 5.02 Å². The number of nitrogens with zero attached hydrogens (tertiary/aromatic N) is 9. The summed E-state index contributed by atoms with van der Waals surface area (Å²) in [6, 6.07) is 13.3. The number of unbranched alkanes of at least 4 members (excludes halogenated alkanes) is 1. The highest BCUT2D eigenvalue weighted by Gasteiger charge is 2.64. The maximum absolute atomic E-state index is 13.4. The molecule has 71 heavy (non-hydrogen) atoms. The molecule has 1 aromatic carbocycles. The maximum atomic E-state index is 13.4. The monoisotopic (exact) mass is 992 g/mol. The molecule has 18 heteroatoms. The van der Waals surface area contributed by atoms with Gasteiger partial charge in [0.2, 0.25) is 11.8 Å². The number of nitrogens with one attached hydrogen (secondary N) is 2. The molecule has 4 aromatic heterocycles. The third-order valence-electron chi connectivity index (χ3n) is 14.3. The SMILES string of the molecule is CCc1cnn2c(NCc3ccc(OCCCOCCCCOC4CCN(c5ncc(C(=O)N[C@H]6C(C)(C)[C@H](Oc7ccc(C#N)c(Cl)c7)C6(C)C)cn5)CC4)nc3)cc(N3CCCC[C@H]3CCO)nc12. The minimum Gasteiger partial charge on any atom is -0.489 e. The van der Waals surface area contributed by atoms with Crippen molar-refractivity contribution in [1.29, 1.82) is 5.26 Å². The topological polar surface area (TPSA) is 197 Å². The fraction of sp³-hybridized carbons (Fsp3) is 0.566. The second kappa shape index (κ2) is 23.6. The summed E-state index contributed by atoms with van der Waals surface area (Å²) in [4.78, 5) is 36.6. The number of halogens is 1. The molecule has 0 bridgehead atoms. The van der Waals surface area contributed by atoms with Gasteiger partial charge in [-0.3, -0.25) is 4.79 Å². The molecule has 2 saturated heterocycles. The summed E-state index contributed by atoms with van der Waals surface area (Å²) in [6.45, 7) is 16.2. The van der Waals surface area contributed by atoms with E-state index in [-0.39, 0.29) is 47.6 Å². The van der Waals surface area contributed by atoms with Crippen LogP contribution in [0.5, 0.6) is 11.6 Å². The molecule has 1 saturated carbocycles. The summed E-state index contributed by atoms with van der Waals surface area (Å²) in [7, 11) is 0. The van der Waals surface area contributed by atoms with Crippen LogP contribution in [-0.4, -0.2) is 118 Å². The van der Waals surface area contributed by atoms with Crippen molar-refractivity contribution in [2.45, 2.75) is 130 Å². The minimum absolute atomic E-state index is 0.167. The first kappa shape index (κ1) is 51.6. The normalized spacial score (nSPS) is 19.8. The molecule has 3 N–H and O–H groups in total. The van der Waals surface area contributed by atoms with Crippen LogP contribution in [0.4, 0.5) is 17.6 Å². The number of aromatic nitrogens is 6. The zero-order valence-corrected chi connectivity index (χ0v) is 42.7. The Bertz CT molecular complexity index is 2560. The number of fused-ring (bicyclic) bond motifs is 1. The molecule has 17 nitrogen and oxygen atoms in total. The molecule has 5 aromatic rings. The van der Waals surface area contributed by atoms with Crippen molar-refractivity contribution < 1.29 is 28.8 Å². The summed E-state index contributed by atoms with van der Waals surface area (Å²) < 4.78 is 26.2. The number of hydrogen-bond donors (Lipinski definition) is 3. The zero-order chi connectivity index (χ0) is 50.0. The average molecular weight is 993 g/mol. The molecule has 3 fully saturated rings. The van der Waals surface area contributed by atoms with Gasteiger partial charge in [-0.25, -0.2) is 19.9 Å². The van der Waals surface area contributed by atoms with Gasteiger partial charge in [-0.2, -0.15) is 14.9 Å². The molecular weight excluding hydrogens is 922 g/mol. The van der Waals surface area contributed by atoms with Crippen LogP contribution in [0.25, 0.3) is 5.65 Å². The van der Waals surface area contributed by atoms with E-state index in [9.17, 15) is 15.2 Å². The van der Waals surface area contributed by atoms with Gasteiger partial charge in [-0.1, -0.05) is 52.3 Å². The van der Waals surface area contributed by atoms with E-state index >= 15 is 0 Å². The van der Waals surface area contributed by atoms with Gasteiger partial charge >= 0.3 is 0 Å². The van der Waals surface area contributed by atoms with Crippen molar-refractivity contribution in [2.75, 3.05) is 67.8 Å². The van der Waals surface area contributed by atoms with Gasteiger partial charge in [0.05, 0.1) is 35.1 Å². The number of nitriles is 1. The van der Waals surface area contributed by atoms with E-state index in [4.69, 9.17) is 35.5 Å². The Balaban J connectivity index is 0.673. The largest absolute Gasteiger partial charge is 0.489 e. The maximum Gasteiger partial charge on any atom is 0.254 e. The summed E-state index contributed by atoms with van der Waals surface area (Å²) >= 11 is 6.25. The van der Waals surface area contributed by atoms with Crippen LogP contribution in [-0.2, 0) is 22.4 Å². The number of hydrogen-bond acceptors (Lipinski definition) is 15. The molecule has 380 valence electrons. The standard InChI is InChI=1S/C53H70ClN11O6/c1-6-37-35-60-65-44(29-45(61-47(37)65)64-20-8-7-12-40(64)19-23-66)56-31-36-13-16-46(57-32-36)70-27-11-25-68-24-9-10-26-69-41-17-21-63(22-18-41)51-58-33-39(34-59-51)48(67)62-49-52(2,3)50(53(49,4)5)71-42-15-14-38(30-55)43(54)28-42/h13-16,28-29,32-35,40-41,49-50,56,66H,6-12,17-27,31H2,1-5H3,(H,62,67)/t40-,49-,50-/m0/s1. The first-order valence-corrected chi connectivity index (χ1v) is 25.8. The van der Waals surface area contributed by atoms with Crippen LogP contribution < -0.4 is 29.9 Å². The van der Waals surface area contributed by atoms with Crippen LogP contribution >= 0.6 is 11.6 Å². The Morgan fingerprint density at radius 1 is 0.915 bits per heavy atom. The Labute approximate surface area is 422 Å². The van der Waals surface area contributed by atoms with E-state index in [1.165, 1.54) is 6.42 Å². The number of ether oxygens (including phenoxy) is 4. The van der Waals surface area contributed by atoms with E-state index in [2.05, 4.69) is 87.2 Å². The molecule has 1 atom stereocenters. The fourth-order valence-electron chi connectivity index (χ4n) is 10.7. The number of carbonyl (C=O) groups excluding carboxylic acids is 1. The molecule has 8 rings (SSSR count). The summed E-state index contributed by atoms with van der Waals surface area (Å²) in [5.74, 6) is 3.36. The second-order valence-corrected chi connectivity index (χ2v) is 20.5. The molecule has 2 aliphatic heterocycles. The number of aliphatic hydroxyl groups excluding tert-OH is 1. The zero-order valence-electron chi connectivity index (χ0n) is 41.9. The molecule has 0 radical (unpaired) electrons. The van der Waals surface area contributed by atoms with Crippen molar-refractivity contribution in [3.63, 3.8) is 0 Å². The number of rotatable bonds is 23. The lowest BCUT2D eigenvalue weighted by atomic mass is 9.49. The highest BCUT2D eigenvalue weighted by molar-refractivity contribution is 6.31. The molecule has 0 unspecified atom stereocenters. The summed E-state index contributed by atoms with van der Waals surface area (Å²) in [5.41, 5.74) is 3.04. The van der Waals surface area contributed by atoms with Crippen LogP contribution in [0.3, 0.4) is 0 Å². The number of pyridine rings is 1. The van der Waals surface area contributed by atoms with Gasteiger partial charge in [0.25, 0.3) is 5.91 Å². The van der Waals surface area contributed by atoms with Gasteiger partial charge in [0.1, 0.15) is 29.6 Å². The lowest BCUT2D eigenvalue weighted by Crippen LogP contribution is -2.74. The Kier molecular flexibility index (Phi) is 17.1. The van der Waals surface area contributed by atoms with E-state index < -0.39 is 0 Å². The molecule has 1 amide bonds. The number of benzene rings is 1. The number of aryl methyl sites for hydroxylation is 1. The predicted octanol–water partition coefficient (Wildman–Crippen LogP) is 8.22. The van der Waals surface area contributed by atoms with Gasteiger partial charge in [0, 0.05) is 124 Å². The van der Waals surface area contributed by atoms with Crippen LogP contribution in [0, 0.1) is 22.2 Å². The predicted molar refractivity (Wildman–Crippen MR) is 273 cm³/mol. The first-order valence-electron chi connectivity index (χ1n) is 25.4. The smallest absolute Gasteiger partial charge is 0.254 e. The molecular formula is C53H70ClN11O6. The highest BCUT2D eigenvalue weighted by Crippen LogP contribution is 2.55. The van der Waals surface area contributed by atoms with Crippen molar-refractivity contribution in [1.82, 2.24) is 34.9 Å².